The standard InChI is InChI=1S/C14H7ClF4OS/c15-13(20)11-7-9(16)3-6-12(11)21-10-4-1-8(2-5-10)14(17,18)19/h1-7H. The van der Waals surface area contributed by atoms with Gasteiger partial charge in [0.05, 0.1) is 11.1 Å². The molecule has 0 radical (unpaired) electrons. The van der Waals surface area contributed by atoms with Crippen molar-refractivity contribution in [1.82, 2.24) is 0 Å². The fourth-order valence-corrected chi connectivity index (χ4v) is 2.72. The molecule has 0 aromatic heterocycles. The maximum Gasteiger partial charge on any atom is 0.416 e. The third kappa shape index (κ3) is 3.98. The maximum absolute atomic E-state index is 13.1. The van der Waals surface area contributed by atoms with E-state index in [1.807, 2.05) is 0 Å². The number of alkyl halides is 3. The lowest BCUT2D eigenvalue weighted by Gasteiger charge is -2.09. The molecule has 0 aliphatic heterocycles. The second-order valence-corrected chi connectivity index (χ2v) is 5.50. The molecule has 7 heteroatoms. The van der Waals surface area contributed by atoms with Crippen LogP contribution < -0.4 is 0 Å². The lowest BCUT2D eigenvalue weighted by atomic mass is 10.2. The Balaban J connectivity index is 2.28. The Morgan fingerprint density at radius 2 is 1.67 bits per heavy atom. The van der Waals surface area contributed by atoms with Gasteiger partial charge in [0.1, 0.15) is 5.82 Å². The zero-order chi connectivity index (χ0) is 15.6. The van der Waals surface area contributed by atoms with Gasteiger partial charge in [-0.25, -0.2) is 4.39 Å². The highest BCUT2D eigenvalue weighted by molar-refractivity contribution is 7.99. The minimum absolute atomic E-state index is 0.0263. The van der Waals surface area contributed by atoms with Crippen LogP contribution in [-0.4, -0.2) is 5.24 Å². The van der Waals surface area contributed by atoms with Crippen molar-refractivity contribution in [1.29, 1.82) is 0 Å². The topological polar surface area (TPSA) is 17.1 Å². The predicted molar refractivity (Wildman–Crippen MR) is 72.2 cm³/mol. The third-order valence-electron chi connectivity index (χ3n) is 2.56. The van der Waals surface area contributed by atoms with Gasteiger partial charge < -0.3 is 0 Å². The van der Waals surface area contributed by atoms with E-state index in [1.165, 1.54) is 18.2 Å². The summed E-state index contributed by atoms with van der Waals surface area (Å²) in [7, 11) is 0. The predicted octanol–water partition coefficient (Wildman–Crippen LogP) is 5.37. The molecule has 0 saturated heterocycles. The average Bonchev–Trinajstić information content (AvgIpc) is 2.40. The molecular weight excluding hydrogens is 328 g/mol. The van der Waals surface area contributed by atoms with E-state index in [0.29, 0.717) is 9.79 Å². The lowest BCUT2D eigenvalue weighted by Crippen LogP contribution is -2.03. The van der Waals surface area contributed by atoms with Crippen LogP contribution in [0, 0.1) is 5.82 Å². The summed E-state index contributed by atoms with van der Waals surface area (Å²) in [6.07, 6.45) is -4.41. The Bertz CT molecular complexity index is 668. The summed E-state index contributed by atoms with van der Waals surface area (Å²) >= 11 is 6.40. The zero-order valence-corrected chi connectivity index (χ0v) is 11.8. The highest BCUT2D eigenvalue weighted by Gasteiger charge is 2.30. The number of carbonyl (C=O) groups excluding carboxylic acids is 1. The molecule has 2 aromatic carbocycles. The first-order valence-corrected chi connectivity index (χ1v) is 6.81. The van der Waals surface area contributed by atoms with Crippen LogP contribution >= 0.6 is 23.4 Å². The number of benzene rings is 2. The molecule has 0 N–H and O–H groups in total. The monoisotopic (exact) mass is 334 g/mol. The molecule has 0 bridgehead atoms. The zero-order valence-electron chi connectivity index (χ0n) is 10.2. The van der Waals surface area contributed by atoms with E-state index in [9.17, 15) is 22.4 Å². The van der Waals surface area contributed by atoms with E-state index in [4.69, 9.17) is 11.6 Å². The summed E-state index contributed by atoms with van der Waals surface area (Å²) < 4.78 is 50.4. The van der Waals surface area contributed by atoms with Crippen LogP contribution in [0.4, 0.5) is 17.6 Å². The van der Waals surface area contributed by atoms with Crippen molar-refractivity contribution >= 4 is 28.6 Å². The van der Waals surface area contributed by atoms with E-state index in [2.05, 4.69) is 0 Å². The van der Waals surface area contributed by atoms with E-state index in [-0.39, 0.29) is 5.56 Å². The van der Waals surface area contributed by atoms with Crippen molar-refractivity contribution in [3.63, 3.8) is 0 Å². The van der Waals surface area contributed by atoms with Crippen molar-refractivity contribution < 1.29 is 22.4 Å². The quantitative estimate of drug-likeness (QED) is 0.554. The largest absolute Gasteiger partial charge is 0.416 e. The Kier molecular flexibility index (Phi) is 4.58. The molecule has 0 spiro atoms. The molecule has 0 heterocycles. The Labute approximate surface area is 126 Å². The fourth-order valence-electron chi connectivity index (χ4n) is 1.58. The molecule has 0 atom stereocenters. The molecule has 110 valence electrons. The Hall–Kier alpha value is -1.53. The molecule has 0 fully saturated rings. The van der Waals surface area contributed by atoms with Gasteiger partial charge in [-0.1, -0.05) is 11.8 Å². The van der Waals surface area contributed by atoms with Crippen molar-refractivity contribution in [2.24, 2.45) is 0 Å². The number of halogens is 5. The summed E-state index contributed by atoms with van der Waals surface area (Å²) in [5, 5.41) is -0.830. The average molecular weight is 335 g/mol. The maximum atomic E-state index is 13.1. The molecule has 2 rings (SSSR count). The highest BCUT2D eigenvalue weighted by Crippen LogP contribution is 2.34. The SMILES string of the molecule is O=C(Cl)c1cc(F)ccc1Sc1ccc(C(F)(F)F)cc1. The molecule has 21 heavy (non-hydrogen) atoms. The lowest BCUT2D eigenvalue weighted by molar-refractivity contribution is -0.137. The number of carbonyl (C=O) groups is 1. The first-order valence-electron chi connectivity index (χ1n) is 5.62. The summed E-state index contributed by atoms with van der Waals surface area (Å²) in [5.74, 6) is -0.615. The number of rotatable bonds is 3. The summed E-state index contributed by atoms with van der Waals surface area (Å²) in [6.45, 7) is 0. The van der Waals surface area contributed by atoms with E-state index >= 15 is 0 Å². The summed E-state index contributed by atoms with van der Waals surface area (Å²) in [6, 6.07) is 7.92. The first kappa shape index (κ1) is 15.9. The number of hydrogen-bond donors (Lipinski definition) is 0. The van der Waals surface area contributed by atoms with Crippen molar-refractivity contribution in [3.8, 4) is 0 Å². The van der Waals surface area contributed by atoms with Gasteiger partial charge in [0.15, 0.2) is 0 Å². The van der Waals surface area contributed by atoms with Crippen LogP contribution in [0.5, 0.6) is 0 Å². The normalized spacial score (nSPS) is 11.5. The van der Waals surface area contributed by atoms with Gasteiger partial charge in [-0.3, -0.25) is 4.79 Å². The highest BCUT2D eigenvalue weighted by atomic mass is 35.5. The van der Waals surface area contributed by atoms with Crippen molar-refractivity contribution in [3.05, 3.63) is 59.4 Å². The molecule has 0 aliphatic rings. The van der Waals surface area contributed by atoms with E-state index in [1.54, 1.807) is 0 Å². The van der Waals surface area contributed by atoms with Gasteiger partial charge >= 0.3 is 6.18 Å². The van der Waals surface area contributed by atoms with E-state index in [0.717, 1.165) is 36.0 Å². The summed E-state index contributed by atoms with van der Waals surface area (Å²) in [5.41, 5.74) is -0.791. The molecular formula is C14H7ClF4OS. The van der Waals surface area contributed by atoms with Crippen LogP contribution in [0.1, 0.15) is 15.9 Å². The van der Waals surface area contributed by atoms with Crippen molar-refractivity contribution in [2.75, 3.05) is 0 Å². The van der Waals surface area contributed by atoms with Crippen LogP contribution in [0.2, 0.25) is 0 Å². The fraction of sp³-hybridized carbons (Fsp3) is 0.0714. The molecule has 2 aromatic rings. The van der Waals surface area contributed by atoms with Crippen LogP contribution in [0.15, 0.2) is 52.3 Å². The summed E-state index contributed by atoms with van der Waals surface area (Å²) in [4.78, 5) is 12.1. The molecule has 0 unspecified atom stereocenters. The minimum atomic E-state index is -4.41. The van der Waals surface area contributed by atoms with Crippen LogP contribution in [0.3, 0.4) is 0 Å². The number of hydrogen-bond acceptors (Lipinski definition) is 2. The second kappa shape index (κ2) is 6.07. The minimum Gasteiger partial charge on any atom is -0.276 e. The second-order valence-electron chi connectivity index (χ2n) is 4.04. The molecule has 0 aliphatic carbocycles. The van der Waals surface area contributed by atoms with Gasteiger partial charge in [-0.2, -0.15) is 13.2 Å². The molecule has 0 saturated carbocycles. The smallest absolute Gasteiger partial charge is 0.276 e. The molecule has 1 nitrogen and oxygen atoms in total. The van der Waals surface area contributed by atoms with Gasteiger partial charge in [-0.05, 0) is 54.1 Å². The Morgan fingerprint density at radius 1 is 1.05 bits per heavy atom. The van der Waals surface area contributed by atoms with Crippen LogP contribution in [0.25, 0.3) is 0 Å². The third-order valence-corrected chi connectivity index (χ3v) is 3.85. The van der Waals surface area contributed by atoms with Gasteiger partial charge in [0.25, 0.3) is 5.24 Å². The first-order chi connectivity index (χ1) is 9.77. The van der Waals surface area contributed by atoms with Gasteiger partial charge in [0.2, 0.25) is 0 Å². The van der Waals surface area contributed by atoms with Gasteiger partial charge in [-0.15, -0.1) is 0 Å². The van der Waals surface area contributed by atoms with Crippen LogP contribution in [-0.2, 0) is 6.18 Å². The molecule has 0 amide bonds. The Morgan fingerprint density at radius 3 is 2.19 bits per heavy atom. The van der Waals surface area contributed by atoms with Gasteiger partial charge in [0, 0.05) is 9.79 Å². The van der Waals surface area contributed by atoms with E-state index < -0.39 is 22.8 Å². The van der Waals surface area contributed by atoms with Crippen molar-refractivity contribution in [2.45, 2.75) is 16.0 Å².